The number of carbonyl (C=O) groups excluding carboxylic acids is 1. The van der Waals surface area contributed by atoms with Crippen LogP contribution in [0.5, 0.6) is 0 Å². The monoisotopic (exact) mass is 346 g/mol. The van der Waals surface area contributed by atoms with Gasteiger partial charge in [-0.15, -0.1) is 0 Å². The third kappa shape index (κ3) is 2.83. The number of nitriles is 1. The molecule has 5 nitrogen and oxygen atoms in total. The summed E-state index contributed by atoms with van der Waals surface area (Å²) in [5, 5.41) is 11.9. The van der Waals surface area contributed by atoms with Crippen molar-refractivity contribution in [1.82, 2.24) is 10.2 Å². The van der Waals surface area contributed by atoms with Gasteiger partial charge in [0.15, 0.2) is 0 Å². The van der Waals surface area contributed by atoms with Crippen molar-refractivity contribution in [2.24, 2.45) is 0 Å². The van der Waals surface area contributed by atoms with Gasteiger partial charge >= 0.3 is 0 Å². The number of hydrogen-bond acceptors (Lipinski definition) is 4. The van der Waals surface area contributed by atoms with Crippen molar-refractivity contribution in [3.8, 4) is 6.07 Å². The highest BCUT2D eigenvalue weighted by Crippen LogP contribution is 2.40. The lowest BCUT2D eigenvalue weighted by Crippen LogP contribution is -2.35. The molecule has 2 heterocycles. The highest BCUT2D eigenvalue weighted by atomic mass is 16.2. The van der Waals surface area contributed by atoms with Gasteiger partial charge in [0, 0.05) is 25.8 Å². The van der Waals surface area contributed by atoms with Gasteiger partial charge in [-0.05, 0) is 35.2 Å². The first-order chi connectivity index (χ1) is 12.7. The minimum atomic E-state index is -0.192. The van der Waals surface area contributed by atoms with Crippen molar-refractivity contribution in [3.63, 3.8) is 0 Å². The van der Waals surface area contributed by atoms with Crippen LogP contribution in [0.15, 0.2) is 48.5 Å². The molecule has 26 heavy (non-hydrogen) atoms. The third-order valence-corrected chi connectivity index (χ3v) is 5.39. The zero-order valence-electron chi connectivity index (χ0n) is 14.9. The highest BCUT2D eigenvalue weighted by molar-refractivity contribution is 5.86. The Balaban J connectivity index is 1.56. The molecule has 1 saturated heterocycles. The van der Waals surface area contributed by atoms with Crippen LogP contribution in [-0.4, -0.2) is 30.9 Å². The lowest BCUT2D eigenvalue weighted by molar-refractivity contribution is -0.121. The van der Waals surface area contributed by atoms with Crippen molar-refractivity contribution >= 4 is 11.6 Å². The average molecular weight is 346 g/mol. The predicted octanol–water partition coefficient (Wildman–Crippen LogP) is 2.76. The molecule has 4 rings (SSSR count). The minimum Gasteiger partial charge on any atom is -0.374 e. The molecule has 2 aliphatic rings. The maximum absolute atomic E-state index is 12.7. The molecule has 2 aromatic rings. The number of amides is 1. The molecule has 1 amide bonds. The molecular weight excluding hydrogens is 324 g/mol. The van der Waals surface area contributed by atoms with Gasteiger partial charge in [0.25, 0.3) is 0 Å². The Labute approximate surface area is 153 Å². The van der Waals surface area contributed by atoms with E-state index < -0.39 is 0 Å². The number of anilines is 1. The van der Waals surface area contributed by atoms with Crippen LogP contribution in [0.2, 0.25) is 0 Å². The number of rotatable bonds is 4. The first kappa shape index (κ1) is 16.6. The van der Waals surface area contributed by atoms with E-state index in [0.717, 1.165) is 29.8 Å². The zero-order valence-corrected chi connectivity index (χ0v) is 14.9. The topological polar surface area (TPSA) is 59.4 Å². The highest BCUT2D eigenvalue weighted by Gasteiger charge is 2.43. The van der Waals surface area contributed by atoms with E-state index in [1.54, 1.807) is 0 Å². The summed E-state index contributed by atoms with van der Waals surface area (Å²) in [6, 6.07) is 18.5. The Morgan fingerprint density at radius 2 is 2.00 bits per heavy atom. The third-order valence-electron chi connectivity index (χ3n) is 5.39. The van der Waals surface area contributed by atoms with E-state index in [0.29, 0.717) is 13.0 Å². The molecule has 1 fully saturated rings. The fourth-order valence-electron chi connectivity index (χ4n) is 3.99. The Hall–Kier alpha value is -2.84. The van der Waals surface area contributed by atoms with Crippen molar-refractivity contribution in [1.29, 1.82) is 5.26 Å². The first-order valence-corrected chi connectivity index (χ1v) is 9.01. The quantitative estimate of drug-likeness (QED) is 0.925. The molecule has 5 heteroatoms. The van der Waals surface area contributed by atoms with Gasteiger partial charge in [0.1, 0.15) is 12.2 Å². The molecule has 2 atom stereocenters. The smallest absolute Gasteiger partial charge is 0.243 e. The summed E-state index contributed by atoms with van der Waals surface area (Å²) in [6.07, 6.45) is 1.39. The molecule has 0 spiro atoms. The summed E-state index contributed by atoms with van der Waals surface area (Å²) in [5.41, 5.74) is 4.58. The number of hydrogen-bond donors (Lipinski definition) is 1. The summed E-state index contributed by atoms with van der Waals surface area (Å²) in [6.45, 7) is 1.58. The van der Waals surface area contributed by atoms with E-state index >= 15 is 0 Å². The van der Waals surface area contributed by atoms with Gasteiger partial charge in [0.05, 0.1) is 12.5 Å². The predicted molar refractivity (Wildman–Crippen MR) is 100 cm³/mol. The number of nitrogens with one attached hydrogen (secondary N) is 1. The van der Waals surface area contributed by atoms with Crippen LogP contribution in [0.1, 0.15) is 35.3 Å². The van der Waals surface area contributed by atoms with E-state index in [1.165, 1.54) is 5.56 Å². The number of fused-ring (bicyclic) bond motifs is 3. The van der Waals surface area contributed by atoms with Crippen molar-refractivity contribution in [2.45, 2.75) is 25.0 Å². The molecule has 1 N–H and O–H groups in total. The van der Waals surface area contributed by atoms with Crippen LogP contribution in [-0.2, 0) is 11.2 Å². The number of nitrogens with zero attached hydrogens (tertiary/aromatic N) is 3. The summed E-state index contributed by atoms with van der Waals surface area (Å²) in [4.78, 5) is 17.0. The van der Waals surface area contributed by atoms with Gasteiger partial charge < -0.3 is 10.2 Å². The van der Waals surface area contributed by atoms with Gasteiger partial charge in [-0.25, -0.2) is 0 Å². The number of benzene rings is 2. The Morgan fingerprint density at radius 1 is 1.23 bits per heavy atom. The lowest BCUT2D eigenvalue weighted by atomic mass is 9.93. The SMILES string of the molecule is CN(CCC#N)c1ccc(C2NC(=O)C3c4ccccc4CCN23)cc1. The molecule has 0 aromatic heterocycles. The van der Waals surface area contributed by atoms with Crippen LogP contribution >= 0.6 is 0 Å². The standard InChI is InChI=1S/C21H22N4O/c1-24(13-4-12-22)17-9-7-16(8-10-17)20-23-21(26)19-18-6-3-2-5-15(18)11-14-25(19)20/h2-3,5-10,19-20H,4,11,13-14H2,1H3,(H,23,26). The van der Waals surface area contributed by atoms with E-state index in [1.807, 2.05) is 19.2 Å². The Bertz CT molecular complexity index is 855. The largest absolute Gasteiger partial charge is 0.374 e. The fraction of sp³-hybridized carbons (Fsp3) is 0.333. The minimum absolute atomic E-state index is 0.0809. The normalized spacial score (nSPS) is 21.5. The van der Waals surface area contributed by atoms with Crippen LogP contribution in [0, 0.1) is 11.3 Å². The van der Waals surface area contributed by atoms with E-state index in [4.69, 9.17) is 5.26 Å². The molecule has 0 bridgehead atoms. The van der Waals surface area contributed by atoms with Crippen molar-refractivity contribution in [3.05, 3.63) is 65.2 Å². The van der Waals surface area contributed by atoms with E-state index in [2.05, 4.69) is 57.6 Å². The van der Waals surface area contributed by atoms with Crippen LogP contribution in [0.4, 0.5) is 5.69 Å². The second kappa shape index (κ2) is 6.81. The van der Waals surface area contributed by atoms with Crippen molar-refractivity contribution in [2.75, 3.05) is 25.0 Å². The molecule has 2 unspecified atom stereocenters. The fourth-order valence-corrected chi connectivity index (χ4v) is 3.99. The van der Waals surface area contributed by atoms with Crippen LogP contribution in [0.3, 0.4) is 0 Å². The molecule has 0 aliphatic carbocycles. The number of carbonyl (C=O) groups is 1. The molecule has 2 aliphatic heterocycles. The molecule has 132 valence electrons. The summed E-state index contributed by atoms with van der Waals surface area (Å²) >= 11 is 0. The molecule has 2 aromatic carbocycles. The lowest BCUT2D eigenvalue weighted by Gasteiger charge is -2.33. The summed E-state index contributed by atoms with van der Waals surface area (Å²) in [7, 11) is 1.99. The second-order valence-electron chi connectivity index (χ2n) is 6.92. The van der Waals surface area contributed by atoms with Crippen LogP contribution < -0.4 is 10.2 Å². The van der Waals surface area contributed by atoms with E-state index in [-0.39, 0.29) is 18.1 Å². The molecule has 0 radical (unpaired) electrons. The van der Waals surface area contributed by atoms with Crippen molar-refractivity contribution < 1.29 is 4.79 Å². The average Bonchev–Trinajstić information content (AvgIpc) is 3.03. The summed E-state index contributed by atoms with van der Waals surface area (Å²) < 4.78 is 0. The van der Waals surface area contributed by atoms with Crippen LogP contribution in [0.25, 0.3) is 0 Å². The zero-order chi connectivity index (χ0) is 18.1. The van der Waals surface area contributed by atoms with Gasteiger partial charge in [-0.2, -0.15) is 5.26 Å². The Kier molecular flexibility index (Phi) is 4.36. The van der Waals surface area contributed by atoms with Gasteiger partial charge in [-0.3, -0.25) is 9.69 Å². The first-order valence-electron chi connectivity index (χ1n) is 9.01. The van der Waals surface area contributed by atoms with Gasteiger partial charge in [-0.1, -0.05) is 36.4 Å². The maximum Gasteiger partial charge on any atom is 0.243 e. The summed E-state index contributed by atoms with van der Waals surface area (Å²) in [5.74, 6) is 0.0809. The van der Waals surface area contributed by atoms with Gasteiger partial charge in [0.2, 0.25) is 5.91 Å². The maximum atomic E-state index is 12.7. The molecular formula is C21H22N4O. The Morgan fingerprint density at radius 3 is 2.77 bits per heavy atom. The van der Waals surface area contributed by atoms with E-state index in [9.17, 15) is 4.79 Å². The second-order valence-corrected chi connectivity index (χ2v) is 6.92. The molecule has 0 saturated carbocycles.